The second kappa shape index (κ2) is 7.37. The SMILES string of the molecule is CSC1(CNC(=O)C(C)N)CCOCC1.Cl. The molecule has 0 bridgehead atoms. The van der Waals surface area contributed by atoms with Crippen molar-refractivity contribution in [2.75, 3.05) is 26.0 Å². The molecule has 1 fully saturated rings. The molecule has 96 valence electrons. The average molecular weight is 269 g/mol. The van der Waals surface area contributed by atoms with Gasteiger partial charge in [-0.05, 0) is 26.0 Å². The van der Waals surface area contributed by atoms with E-state index in [4.69, 9.17) is 10.5 Å². The van der Waals surface area contributed by atoms with Crippen molar-refractivity contribution in [1.82, 2.24) is 5.32 Å². The lowest BCUT2D eigenvalue weighted by atomic mass is 9.99. The second-order valence-electron chi connectivity index (χ2n) is 4.01. The molecule has 0 spiro atoms. The lowest BCUT2D eigenvalue weighted by molar-refractivity contribution is -0.122. The van der Waals surface area contributed by atoms with Crippen molar-refractivity contribution in [3.8, 4) is 0 Å². The van der Waals surface area contributed by atoms with Gasteiger partial charge in [0.2, 0.25) is 5.91 Å². The van der Waals surface area contributed by atoms with Gasteiger partial charge >= 0.3 is 0 Å². The summed E-state index contributed by atoms with van der Waals surface area (Å²) in [4.78, 5) is 11.4. The highest BCUT2D eigenvalue weighted by Gasteiger charge is 2.32. The number of ether oxygens (including phenoxy) is 1. The summed E-state index contributed by atoms with van der Waals surface area (Å²) in [7, 11) is 0. The maximum atomic E-state index is 11.4. The lowest BCUT2D eigenvalue weighted by Crippen LogP contribution is -2.48. The van der Waals surface area contributed by atoms with Crippen molar-refractivity contribution < 1.29 is 9.53 Å². The highest BCUT2D eigenvalue weighted by Crippen LogP contribution is 2.32. The third kappa shape index (κ3) is 4.49. The van der Waals surface area contributed by atoms with Crippen LogP contribution in [0.4, 0.5) is 0 Å². The molecule has 1 saturated heterocycles. The summed E-state index contributed by atoms with van der Waals surface area (Å²) >= 11 is 1.81. The van der Waals surface area contributed by atoms with E-state index < -0.39 is 6.04 Å². The molecule has 0 aromatic heterocycles. The molecule has 4 nitrogen and oxygen atoms in total. The molecule has 0 aliphatic carbocycles. The molecule has 1 aliphatic heterocycles. The summed E-state index contributed by atoms with van der Waals surface area (Å²) in [6.45, 7) is 3.97. The number of thioether (sulfide) groups is 1. The summed E-state index contributed by atoms with van der Waals surface area (Å²) in [5.74, 6) is -0.0742. The molecule has 6 heteroatoms. The molecule has 0 aromatic rings. The molecule has 0 radical (unpaired) electrons. The molecule has 1 atom stereocenters. The van der Waals surface area contributed by atoms with Gasteiger partial charge in [-0.1, -0.05) is 0 Å². The van der Waals surface area contributed by atoms with Crippen LogP contribution in [0.25, 0.3) is 0 Å². The van der Waals surface area contributed by atoms with E-state index in [2.05, 4.69) is 11.6 Å². The number of rotatable bonds is 4. The fraction of sp³-hybridized carbons (Fsp3) is 0.900. The minimum atomic E-state index is -0.427. The largest absolute Gasteiger partial charge is 0.381 e. The molecular formula is C10H21ClN2O2S. The Morgan fingerprint density at radius 2 is 2.12 bits per heavy atom. The van der Waals surface area contributed by atoms with Crippen LogP contribution in [0, 0.1) is 0 Å². The molecule has 1 rings (SSSR count). The Bertz CT molecular complexity index is 221. The van der Waals surface area contributed by atoms with Crippen LogP contribution in [0.2, 0.25) is 0 Å². The van der Waals surface area contributed by atoms with Crippen LogP contribution in [0.5, 0.6) is 0 Å². The van der Waals surface area contributed by atoms with Crippen LogP contribution in [-0.2, 0) is 9.53 Å². The topological polar surface area (TPSA) is 64.4 Å². The third-order valence-corrected chi connectivity index (χ3v) is 4.25. The Labute approximate surface area is 107 Å². The predicted molar refractivity (Wildman–Crippen MR) is 70.2 cm³/mol. The average Bonchev–Trinajstić information content (AvgIpc) is 2.27. The zero-order chi connectivity index (χ0) is 11.3. The zero-order valence-electron chi connectivity index (χ0n) is 9.82. The molecule has 1 unspecified atom stereocenters. The number of nitrogens with two attached hydrogens (primary N) is 1. The number of hydrogen-bond donors (Lipinski definition) is 2. The molecule has 1 heterocycles. The monoisotopic (exact) mass is 268 g/mol. The van der Waals surface area contributed by atoms with E-state index in [0.29, 0.717) is 6.54 Å². The van der Waals surface area contributed by atoms with Crippen LogP contribution < -0.4 is 11.1 Å². The summed E-state index contributed by atoms with van der Waals surface area (Å²) in [6.07, 6.45) is 4.07. The first kappa shape index (κ1) is 16.0. The van der Waals surface area contributed by atoms with Gasteiger partial charge < -0.3 is 15.8 Å². The molecule has 3 N–H and O–H groups in total. The quantitative estimate of drug-likeness (QED) is 0.791. The smallest absolute Gasteiger partial charge is 0.236 e. The number of carbonyl (C=O) groups is 1. The van der Waals surface area contributed by atoms with Gasteiger partial charge in [-0.3, -0.25) is 4.79 Å². The van der Waals surface area contributed by atoms with Crippen molar-refractivity contribution in [3.63, 3.8) is 0 Å². The molecular weight excluding hydrogens is 248 g/mol. The van der Waals surface area contributed by atoms with Crippen molar-refractivity contribution >= 4 is 30.1 Å². The Hall–Kier alpha value is 0.0300. The normalized spacial score (nSPS) is 20.7. The second-order valence-corrected chi connectivity index (χ2v) is 5.28. The van der Waals surface area contributed by atoms with E-state index in [1.165, 1.54) is 0 Å². The van der Waals surface area contributed by atoms with Crippen molar-refractivity contribution in [3.05, 3.63) is 0 Å². The minimum absolute atomic E-state index is 0. The van der Waals surface area contributed by atoms with Crippen LogP contribution in [-0.4, -0.2) is 42.7 Å². The van der Waals surface area contributed by atoms with Gasteiger partial charge in [0.15, 0.2) is 0 Å². The van der Waals surface area contributed by atoms with Crippen molar-refractivity contribution in [2.45, 2.75) is 30.6 Å². The third-order valence-electron chi connectivity index (χ3n) is 2.84. The summed E-state index contributed by atoms with van der Waals surface area (Å²) in [6, 6.07) is -0.427. The van der Waals surface area contributed by atoms with E-state index in [0.717, 1.165) is 26.1 Å². The minimum Gasteiger partial charge on any atom is -0.381 e. The highest BCUT2D eigenvalue weighted by molar-refractivity contribution is 8.00. The lowest BCUT2D eigenvalue weighted by Gasteiger charge is -2.35. The summed E-state index contributed by atoms with van der Waals surface area (Å²) in [5, 5.41) is 2.90. The summed E-state index contributed by atoms with van der Waals surface area (Å²) in [5.41, 5.74) is 5.49. The fourth-order valence-corrected chi connectivity index (χ4v) is 2.40. The number of amides is 1. The number of nitrogens with one attached hydrogen (secondary N) is 1. The fourth-order valence-electron chi connectivity index (χ4n) is 1.61. The summed E-state index contributed by atoms with van der Waals surface area (Å²) < 4.78 is 5.47. The Morgan fingerprint density at radius 1 is 1.56 bits per heavy atom. The van der Waals surface area contributed by atoms with Crippen molar-refractivity contribution in [2.24, 2.45) is 5.73 Å². The highest BCUT2D eigenvalue weighted by atomic mass is 35.5. The van der Waals surface area contributed by atoms with Gasteiger partial charge in [-0.2, -0.15) is 11.8 Å². The Balaban J connectivity index is 0.00000225. The first-order chi connectivity index (χ1) is 7.09. The van der Waals surface area contributed by atoms with E-state index >= 15 is 0 Å². The Morgan fingerprint density at radius 3 is 2.56 bits per heavy atom. The maximum Gasteiger partial charge on any atom is 0.236 e. The number of hydrogen-bond acceptors (Lipinski definition) is 4. The van der Waals surface area contributed by atoms with Gasteiger partial charge in [0.05, 0.1) is 6.04 Å². The zero-order valence-corrected chi connectivity index (χ0v) is 11.5. The standard InChI is InChI=1S/C10H20N2O2S.ClH/c1-8(11)9(13)12-7-10(15-2)3-5-14-6-4-10;/h8H,3-7,11H2,1-2H3,(H,12,13);1H. The van der Waals surface area contributed by atoms with E-state index in [-0.39, 0.29) is 23.1 Å². The molecule has 0 aromatic carbocycles. The number of carbonyl (C=O) groups excluding carboxylic acids is 1. The van der Waals surface area contributed by atoms with Crippen LogP contribution in [0.3, 0.4) is 0 Å². The van der Waals surface area contributed by atoms with E-state index in [9.17, 15) is 4.79 Å². The number of halogens is 1. The molecule has 1 amide bonds. The van der Waals surface area contributed by atoms with E-state index in [1.807, 2.05) is 11.8 Å². The van der Waals surface area contributed by atoms with Crippen LogP contribution in [0.1, 0.15) is 19.8 Å². The molecule has 16 heavy (non-hydrogen) atoms. The van der Waals surface area contributed by atoms with Gasteiger partial charge in [0.25, 0.3) is 0 Å². The maximum absolute atomic E-state index is 11.4. The van der Waals surface area contributed by atoms with Gasteiger partial charge in [-0.25, -0.2) is 0 Å². The first-order valence-corrected chi connectivity index (χ1v) is 6.48. The first-order valence-electron chi connectivity index (χ1n) is 5.26. The van der Waals surface area contributed by atoms with Gasteiger partial charge in [-0.15, -0.1) is 12.4 Å². The molecule has 1 aliphatic rings. The van der Waals surface area contributed by atoms with Gasteiger partial charge in [0.1, 0.15) is 0 Å². The van der Waals surface area contributed by atoms with E-state index in [1.54, 1.807) is 6.92 Å². The van der Waals surface area contributed by atoms with Crippen molar-refractivity contribution in [1.29, 1.82) is 0 Å². The predicted octanol–water partition coefficient (Wildman–Crippen LogP) is 0.784. The van der Waals surface area contributed by atoms with Crippen LogP contribution >= 0.6 is 24.2 Å². The Kier molecular flexibility index (Phi) is 7.39. The molecule has 0 saturated carbocycles. The van der Waals surface area contributed by atoms with Crippen LogP contribution in [0.15, 0.2) is 0 Å². The van der Waals surface area contributed by atoms with Gasteiger partial charge in [0, 0.05) is 24.5 Å².